The van der Waals surface area contributed by atoms with Gasteiger partial charge in [0.15, 0.2) is 0 Å². The molecule has 43 heavy (non-hydrogen) atoms. The predicted molar refractivity (Wildman–Crippen MR) is 171 cm³/mol. The molecule has 0 fully saturated rings. The third-order valence-corrected chi connectivity index (χ3v) is 9.13. The van der Waals surface area contributed by atoms with E-state index in [1.165, 1.54) is 17.0 Å². The Morgan fingerprint density at radius 2 is 1.42 bits per heavy atom. The molecule has 1 atom stereocenters. The predicted octanol–water partition coefficient (Wildman–Crippen LogP) is 5.87. The number of carbonyl (C=O) groups excluding carboxylic acids is 2. The molecule has 0 saturated carbocycles. The molecule has 0 spiro atoms. The van der Waals surface area contributed by atoms with E-state index in [0.29, 0.717) is 22.8 Å². The lowest BCUT2D eigenvalue weighted by atomic mass is 10.0. The Hall–Kier alpha value is -4.14. The molecule has 4 aromatic rings. The van der Waals surface area contributed by atoms with Gasteiger partial charge in [0.05, 0.1) is 10.6 Å². The molecule has 0 radical (unpaired) electrons. The molecule has 4 rings (SSSR count). The van der Waals surface area contributed by atoms with Crippen LogP contribution in [0.1, 0.15) is 30.5 Å². The van der Waals surface area contributed by atoms with Crippen molar-refractivity contribution >= 4 is 39.1 Å². The SMILES string of the molecule is CCNC(=O)[C@@H](Cc1ccccc1)N(Cc1cccc(Cl)c1)C(=O)CN(c1ccc(CC)cc1)S(=O)(=O)c1ccccc1. The van der Waals surface area contributed by atoms with E-state index >= 15 is 0 Å². The Kier molecular flexibility index (Phi) is 11.0. The summed E-state index contributed by atoms with van der Waals surface area (Å²) in [5.74, 6) is -0.849. The fourth-order valence-electron chi connectivity index (χ4n) is 4.82. The van der Waals surface area contributed by atoms with Crippen LogP contribution >= 0.6 is 11.6 Å². The lowest BCUT2D eigenvalue weighted by Crippen LogP contribution is -2.53. The first-order valence-corrected chi connectivity index (χ1v) is 16.1. The molecule has 0 bridgehead atoms. The van der Waals surface area contributed by atoms with Crippen LogP contribution in [0.5, 0.6) is 0 Å². The fourth-order valence-corrected chi connectivity index (χ4v) is 6.47. The van der Waals surface area contributed by atoms with Crippen LogP contribution in [0, 0.1) is 0 Å². The van der Waals surface area contributed by atoms with E-state index in [-0.39, 0.29) is 23.8 Å². The van der Waals surface area contributed by atoms with Crippen molar-refractivity contribution in [1.82, 2.24) is 10.2 Å². The molecule has 4 aromatic carbocycles. The number of hydrogen-bond acceptors (Lipinski definition) is 4. The first kappa shape index (κ1) is 31.8. The molecule has 1 N–H and O–H groups in total. The van der Waals surface area contributed by atoms with Gasteiger partial charge in [-0.2, -0.15) is 0 Å². The van der Waals surface area contributed by atoms with Crippen molar-refractivity contribution in [2.24, 2.45) is 0 Å². The van der Waals surface area contributed by atoms with Crippen molar-refractivity contribution in [1.29, 1.82) is 0 Å². The van der Waals surface area contributed by atoms with Crippen molar-refractivity contribution in [3.8, 4) is 0 Å². The van der Waals surface area contributed by atoms with Gasteiger partial charge in [0, 0.05) is 24.5 Å². The summed E-state index contributed by atoms with van der Waals surface area (Å²) in [5.41, 5.74) is 2.98. The highest BCUT2D eigenvalue weighted by molar-refractivity contribution is 7.92. The molecule has 7 nitrogen and oxygen atoms in total. The van der Waals surface area contributed by atoms with Gasteiger partial charge in [-0.25, -0.2) is 8.42 Å². The molecular weight excluding hydrogens is 582 g/mol. The van der Waals surface area contributed by atoms with E-state index in [9.17, 15) is 18.0 Å². The molecule has 224 valence electrons. The summed E-state index contributed by atoms with van der Waals surface area (Å²) in [6.07, 6.45) is 1.03. The topological polar surface area (TPSA) is 86.8 Å². The van der Waals surface area contributed by atoms with E-state index < -0.39 is 28.5 Å². The number of hydrogen-bond donors (Lipinski definition) is 1. The van der Waals surface area contributed by atoms with Gasteiger partial charge in [0.2, 0.25) is 11.8 Å². The van der Waals surface area contributed by atoms with Crippen LogP contribution in [0.2, 0.25) is 5.02 Å². The van der Waals surface area contributed by atoms with Crippen molar-refractivity contribution in [3.63, 3.8) is 0 Å². The second-order valence-electron chi connectivity index (χ2n) is 10.1. The number of likely N-dealkylation sites (N-methyl/N-ethyl adjacent to an activating group) is 1. The van der Waals surface area contributed by atoms with Crippen LogP contribution in [0.3, 0.4) is 0 Å². The number of sulfonamides is 1. The van der Waals surface area contributed by atoms with Crippen LogP contribution in [-0.4, -0.2) is 44.3 Å². The monoisotopic (exact) mass is 617 g/mol. The van der Waals surface area contributed by atoms with Crippen LogP contribution in [0.15, 0.2) is 114 Å². The van der Waals surface area contributed by atoms with Crippen molar-refractivity contribution in [3.05, 3.63) is 131 Å². The highest BCUT2D eigenvalue weighted by atomic mass is 35.5. The second kappa shape index (κ2) is 14.8. The van der Waals surface area contributed by atoms with Gasteiger partial charge in [-0.05, 0) is 66.4 Å². The van der Waals surface area contributed by atoms with E-state index in [0.717, 1.165) is 21.9 Å². The average Bonchev–Trinajstić information content (AvgIpc) is 3.02. The Labute approximate surface area is 259 Å². The minimum Gasteiger partial charge on any atom is -0.355 e. The van der Waals surface area contributed by atoms with Gasteiger partial charge >= 0.3 is 0 Å². The number of nitrogens with zero attached hydrogens (tertiary/aromatic N) is 2. The Morgan fingerprint density at radius 3 is 2.02 bits per heavy atom. The normalized spacial score (nSPS) is 11.9. The standard InChI is InChI=1S/C34H36ClN3O4S/c1-3-26-18-20-30(21-19-26)38(43(41,42)31-16-9-6-10-17-31)25-33(39)37(24-28-14-11-15-29(35)22-28)32(34(40)36-4-2)23-27-12-7-5-8-13-27/h5-22,32H,3-4,23-25H2,1-2H3,(H,36,40)/t32-/m1/s1. The average molecular weight is 618 g/mol. The number of carbonyl (C=O) groups is 2. The zero-order valence-corrected chi connectivity index (χ0v) is 25.9. The maximum atomic E-state index is 14.4. The fraction of sp³-hybridized carbons (Fsp3) is 0.235. The Bertz CT molecular complexity index is 1610. The summed E-state index contributed by atoms with van der Waals surface area (Å²) < 4.78 is 29.1. The smallest absolute Gasteiger partial charge is 0.264 e. The summed E-state index contributed by atoms with van der Waals surface area (Å²) in [6, 6.07) is 30.7. The largest absolute Gasteiger partial charge is 0.355 e. The quantitative estimate of drug-likeness (QED) is 0.203. The molecule has 0 aliphatic carbocycles. The van der Waals surface area contributed by atoms with Gasteiger partial charge in [-0.15, -0.1) is 0 Å². The molecule has 0 aromatic heterocycles. The molecule has 0 aliphatic heterocycles. The zero-order chi connectivity index (χ0) is 30.8. The van der Waals surface area contributed by atoms with E-state index in [4.69, 9.17) is 11.6 Å². The lowest BCUT2D eigenvalue weighted by molar-refractivity contribution is -0.140. The van der Waals surface area contributed by atoms with Crippen LogP contribution in [-0.2, 0) is 39.0 Å². The first-order valence-electron chi connectivity index (χ1n) is 14.2. The van der Waals surface area contributed by atoms with E-state index in [2.05, 4.69) is 5.32 Å². The summed E-state index contributed by atoms with van der Waals surface area (Å²) in [7, 11) is -4.13. The Morgan fingerprint density at radius 1 is 0.791 bits per heavy atom. The molecular formula is C34H36ClN3O4S. The van der Waals surface area contributed by atoms with Gasteiger partial charge in [-0.3, -0.25) is 13.9 Å². The van der Waals surface area contributed by atoms with Gasteiger partial charge in [0.25, 0.3) is 10.0 Å². The van der Waals surface area contributed by atoms with Gasteiger partial charge in [-0.1, -0.05) is 91.3 Å². The number of benzene rings is 4. The maximum Gasteiger partial charge on any atom is 0.264 e. The first-order chi connectivity index (χ1) is 20.7. The zero-order valence-electron chi connectivity index (χ0n) is 24.3. The van der Waals surface area contributed by atoms with Gasteiger partial charge in [0.1, 0.15) is 12.6 Å². The van der Waals surface area contributed by atoms with E-state index in [1.54, 1.807) is 48.5 Å². The minimum absolute atomic E-state index is 0.0576. The van der Waals surface area contributed by atoms with Crippen LogP contribution in [0.25, 0.3) is 0 Å². The number of rotatable bonds is 13. The number of nitrogens with one attached hydrogen (secondary N) is 1. The number of amides is 2. The number of anilines is 1. The third-order valence-electron chi connectivity index (χ3n) is 7.11. The third kappa shape index (κ3) is 8.24. The molecule has 9 heteroatoms. The summed E-state index contributed by atoms with van der Waals surface area (Å²) in [6.45, 7) is 3.76. The molecule has 2 amide bonds. The number of aryl methyl sites for hydroxylation is 1. The summed E-state index contributed by atoms with van der Waals surface area (Å²) >= 11 is 6.28. The summed E-state index contributed by atoms with van der Waals surface area (Å²) in [5, 5.41) is 3.35. The van der Waals surface area contributed by atoms with Crippen LogP contribution < -0.4 is 9.62 Å². The highest BCUT2D eigenvalue weighted by Crippen LogP contribution is 2.26. The minimum atomic E-state index is -4.13. The lowest BCUT2D eigenvalue weighted by Gasteiger charge is -2.34. The molecule has 0 unspecified atom stereocenters. The maximum absolute atomic E-state index is 14.4. The van der Waals surface area contributed by atoms with Crippen molar-refractivity contribution < 1.29 is 18.0 Å². The van der Waals surface area contributed by atoms with Crippen molar-refractivity contribution in [2.45, 2.75) is 44.2 Å². The molecule has 0 aliphatic rings. The summed E-state index contributed by atoms with van der Waals surface area (Å²) in [4.78, 5) is 29.4. The number of halogens is 1. The molecule has 0 saturated heterocycles. The Balaban J connectivity index is 1.79. The molecule has 0 heterocycles. The second-order valence-corrected chi connectivity index (χ2v) is 12.4. The van der Waals surface area contributed by atoms with Crippen LogP contribution in [0.4, 0.5) is 5.69 Å². The van der Waals surface area contributed by atoms with Gasteiger partial charge < -0.3 is 10.2 Å². The van der Waals surface area contributed by atoms with E-state index in [1.807, 2.05) is 62.4 Å². The van der Waals surface area contributed by atoms with Crippen molar-refractivity contribution in [2.75, 3.05) is 17.4 Å². The highest BCUT2D eigenvalue weighted by Gasteiger charge is 2.34.